The van der Waals surface area contributed by atoms with Crippen molar-refractivity contribution in [1.82, 2.24) is 9.21 Å². The zero-order chi connectivity index (χ0) is 21.7. The van der Waals surface area contributed by atoms with Crippen LogP contribution in [0.1, 0.15) is 23.3 Å². The van der Waals surface area contributed by atoms with Gasteiger partial charge in [-0.25, -0.2) is 8.42 Å². The van der Waals surface area contributed by atoms with Gasteiger partial charge in [-0.15, -0.1) is 11.3 Å². The summed E-state index contributed by atoms with van der Waals surface area (Å²) in [6, 6.07) is 22.2. The molecule has 2 aromatic carbocycles. The molecule has 0 N–H and O–H groups in total. The van der Waals surface area contributed by atoms with Gasteiger partial charge in [-0.05, 0) is 47.9 Å². The first-order valence-corrected chi connectivity index (χ1v) is 12.7. The van der Waals surface area contributed by atoms with Crippen LogP contribution >= 0.6 is 11.3 Å². The van der Waals surface area contributed by atoms with Crippen LogP contribution in [0.25, 0.3) is 0 Å². The molecule has 1 aliphatic rings. The van der Waals surface area contributed by atoms with Crippen LogP contribution in [0.4, 0.5) is 0 Å². The lowest BCUT2D eigenvalue weighted by Crippen LogP contribution is -2.43. The SMILES string of the molecule is O=C(CN(CC1CC1)S(=O)(=O)c1ccccc1)N(Cc1ccccc1)Cc1cccs1. The normalized spacial score (nSPS) is 14.0. The molecule has 31 heavy (non-hydrogen) atoms. The summed E-state index contributed by atoms with van der Waals surface area (Å²) in [6.45, 7) is 1.15. The van der Waals surface area contributed by atoms with Gasteiger partial charge in [-0.2, -0.15) is 4.31 Å². The van der Waals surface area contributed by atoms with E-state index in [0.717, 1.165) is 23.3 Å². The molecule has 1 fully saturated rings. The van der Waals surface area contributed by atoms with E-state index in [1.54, 1.807) is 46.6 Å². The maximum Gasteiger partial charge on any atom is 0.243 e. The first-order chi connectivity index (χ1) is 15.0. The highest BCUT2D eigenvalue weighted by Crippen LogP contribution is 2.31. The van der Waals surface area contributed by atoms with Gasteiger partial charge in [0.1, 0.15) is 0 Å². The summed E-state index contributed by atoms with van der Waals surface area (Å²) in [7, 11) is -3.73. The average Bonchev–Trinajstić information content (AvgIpc) is 3.46. The fourth-order valence-corrected chi connectivity index (χ4v) is 5.66. The first-order valence-electron chi connectivity index (χ1n) is 10.4. The third kappa shape index (κ3) is 5.81. The van der Waals surface area contributed by atoms with Crippen LogP contribution in [0.3, 0.4) is 0 Å². The van der Waals surface area contributed by atoms with E-state index < -0.39 is 10.0 Å². The highest BCUT2D eigenvalue weighted by atomic mass is 32.2. The number of amides is 1. The van der Waals surface area contributed by atoms with E-state index >= 15 is 0 Å². The minimum absolute atomic E-state index is 0.147. The molecule has 162 valence electrons. The fourth-order valence-electron chi connectivity index (χ4n) is 3.46. The maximum atomic E-state index is 13.4. The van der Waals surface area contributed by atoms with E-state index in [1.165, 1.54) is 4.31 Å². The van der Waals surface area contributed by atoms with E-state index in [-0.39, 0.29) is 17.3 Å². The van der Waals surface area contributed by atoms with Crippen molar-refractivity contribution in [3.8, 4) is 0 Å². The molecule has 1 amide bonds. The van der Waals surface area contributed by atoms with Crippen molar-refractivity contribution in [3.05, 3.63) is 88.6 Å². The van der Waals surface area contributed by atoms with Crippen LogP contribution in [0.15, 0.2) is 83.1 Å². The number of hydrogen-bond donors (Lipinski definition) is 0. The van der Waals surface area contributed by atoms with E-state index in [0.29, 0.717) is 25.6 Å². The molecule has 5 nitrogen and oxygen atoms in total. The Morgan fingerprint density at radius 1 is 0.903 bits per heavy atom. The van der Waals surface area contributed by atoms with Crippen molar-refractivity contribution in [2.45, 2.75) is 30.8 Å². The van der Waals surface area contributed by atoms with Gasteiger partial charge in [0.2, 0.25) is 15.9 Å². The molecule has 1 aliphatic carbocycles. The summed E-state index contributed by atoms with van der Waals surface area (Å²) in [4.78, 5) is 16.4. The number of rotatable bonds is 10. The summed E-state index contributed by atoms with van der Waals surface area (Å²) in [6.07, 6.45) is 2.02. The molecule has 1 saturated carbocycles. The summed E-state index contributed by atoms with van der Waals surface area (Å²) in [5.41, 5.74) is 1.02. The smallest absolute Gasteiger partial charge is 0.243 e. The topological polar surface area (TPSA) is 57.7 Å². The molecule has 1 aromatic heterocycles. The molecule has 0 aliphatic heterocycles. The molecule has 0 bridgehead atoms. The highest BCUT2D eigenvalue weighted by Gasteiger charge is 2.34. The zero-order valence-electron chi connectivity index (χ0n) is 17.3. The van der Waals surface area contributed by atoms with Crippen LogP contribution in [0.2, 0.25) is 0 Å². The lowest BCUT2D eigenvalue weighted by Gasteiger charge is -2.27. The van der Waals surface area contributed by atoms with Crippen LogP contribution in [-0.4, -0.2) is 36.6 Å². The summed E-state index contributed by atoms with van der Waals surface area (Å²) in [5, 5.41) is 1.99. The molecule has 0 atom stereocenters. The second-order valence-corrected chi connectivity index (χ2v) is 10.8. The minimum Gasteiger partial charge on any atom is -0.332 e. The predicted molar refractivity (Wildman–Crippen MR) is 123 cm³/mol. The lowest BCUT2D eigenvalue weighted by atomic mass is 10.2. The Morgan fingerprint density at radius 2 is 1.58 bits per heavy atom. The molecular formula is C24H26N2O3S2. The molecule has 1 heterocycles. The van der Waals surface area contributed by atoms with E-state index in [2.05, 4.69) is 0 Å². The van der Waals surface area contributed by atoms with Crippen LogP contribution < -0.4 is 0 Å². The maximum absolute atomic E-state index is 13.4. The highest BCUT2D eigenvalue weighted by molar-refractivity contribution is 7.89. The van der Waals surface area contributed by atoms with Crippen molar-refractivity contribution in [2.24, 2.45) is 5.92 Å². The average molecular weight is 455 g/mol. The lowest BCUT2D eigenvalue weighted by molar-refractivity contribution is -0.132. The minimum atomic E-state index is -3.73. The van der Waals surface area contributed by atoms with Gasteiger partial charge < -0.3 is 4.90 Å². The second kappa shape index (κ2) is 9.77. The first kappa shape index (κ1) is 21.7. The van der Waals surface area contributed by atoms with Gasteiger partial charge in [0.15, 0.2) is 0 Å². The number of hydrogen-bond acceptors (Lipinski definition) is 4. The molecule has 0 unspecified atom stereocenters. The van der Waals surface area contributed by atoms with Crippen molar-refractivity contribution in [3.63, 3.8) is 0 Å². The van der Waals surface area contributed by atoms with Crippen LogP contribution in [0.5, 0.6) is 0 Å². The molecule has 0 spiro atoms. The number of benzene rings is 2. The largest absolute Gasteiger partial charge is 0.332 e. The monoisotopic (exact) mass is 454 g/mol. The standard InChI is InChI=1S/C24H26N2O3S2/c27-24(25(18-22-10-7-15-30-22)16-20-8-3-1-4-9-20)19-26(17-21-13-14-21)31(28,29)23-11-5-2-6-12-23/h1-12,15,21H,13-14,16-19H2. The number of sulfonamides is 1. The number of carbonyl (C=O) groups is 1. The van der Waals surface area contributed by atoms with Crippen LogP contribution in [-0.2, 0) is 27.9 Å². The number of nitrogens with zero attached hydrogens (tertiary/aromatic N) is 2. The third-order valence-electron chi connectivity index (χ3n) is 5.35. The van der Waals surface area contributed by atoms with Crippen molar-refractivity contribution in [2.75, 3.05) is 13.1 Å². The van der Waals surface area contributed by atoms with Gasteiger partial charge in [0, 0.05) is 18.0 Å². The summed E-state index contributed by atoms with van der Waals surface area (Å²) < 4.78 is 27.9. The Bertz CT molecular complexity index is 1080. The Balaban J connectivity index is 1.56. The van der Waals surface area contributed by atoms with Gasteiger partial charge in [-0.3, -0.25) is 4.79 Å². The zero-order valence-corrected chi connectivity index (χ0v) is 18.9. The number of carbonyl (C=O) groups excluding carboxylic acids is 1. The predicted octanol–water partition coefficient (Wildman–Crippen LogP) is 4.38. The summed E-state index contributed by atoms with van der Waals surface area (Å²) in [5.74, 6) is 0.156. The third-order valence-corrected chi connectivity index (χ3v) is 8.03. The van der Waals surface area contributed by atoms with Crippen molar-refractivity contribution < 1.29 is 13.2 Å². The van der Waals surface area contributed by atoms with E-state index in [9.17, 15) is 13.2 Å². The Morgan fingerprint density at radius 3 is 2.19 bits per heavy atom. The fraction of sp³-hybridized carbons (Fsp3) is 0.292. The Labute approximate surface area is 188 Å². The van der Waals surface area contributed by atoms with Crippen molar-refractivity contribution in [1.29, 1.82) is 0 Å². The van der Waals surface area contributed by atoms with Crippen LogP contribution in [0, 0.1) is 5.92 Å². The molecule has 4 rings (SSSR count). The molecule has 0 saturated heterocycles. The Kier molecular flexibility index (Phi) is 6.85. The van der Waals surface area contributed by atoms with E-state index in [4.69, 9.17) is 0 Å². The second-order valence-electron chi connectivity index (χ2n) is 7.87. The van der Waals surface area contributed by atoms with Gasteiger partial charge in [-0.1, -0.05) is 54.6 Å². The van der Waals surface area contributed by atoms with E-state index in [1.807, 2.05) is 47.8 Å². The van der Waals surface area contributed by atoms with Gasteiger partial charge in [0.05, 0.1) is 18.0 Å². The van der Waals surface area contributed by atoms with Gasteiger partial charge in [0.25, 0.3) is 0 Å². The Hall–Kier alpha value is -2.48. The molecule has 3 aromatic rings. The quantitative estimate of drug-likeness (QED) is 0.457. The summed E-state index contributed by atoms with van der Waals surface area (Å²) >= 11 is 1.60. The number of thiophene rings is 1. The van der Waals surface area contributed by atoms with Crippen molar-refractivity contribution >= 4 is 27.3 Å². The molecule has 7 heteroatoms. The molecular weight excluding hydrogens is 428 g/mol. The molecule has 0 radical (unpaired) electrons. The van der Waals surface area contributed by atoms with Gasteiger partial charge >= 0.3 is 0 Å².